The van der Waals surface area contributed by atoms with Gasteiger partial charge in [0.2, 0.25) is 0 Å². The largest absolute Gasteiger partial charge is 0.410 e. The Morgan fingerprint density at radius 2 is 1.50 bits per heavy atom. The Bertz CT molecular complexity index is 613. The van der Waals surface area contributed by atoms with Gasteiger partial charge in [-0.05, 0) is 38.9 Å². The van der Waals surface area contributed by atoms with Crippen molar-refractivity contribution >= 4 is 28.0 Å². The highest BCUT2D eigenvalue weighted by Gasteiger charge is 2.39. The maximum atomic E-state index is 6.83. The van der Waals surface area contributed by atoms with Crippen molar-refractivity contribution in [3.63, 3.8) is 0 Å². The van der Waals surface area contributed by atoms with Crippen molar-refractivity contribution in [1.82, 2.24) is 0 Å². The molecule has 0 aliphatic heterocycles. The SMILES string of the molecule is CC(=C\C(C)=C\[C@@H](C)[C@@H](/C=C/[Si](C)(C)C)O[Si](C)(C)C(C)(C)C)/C=C(\C)CCl. The summed E-state index contributed by atoms with van der Waals surface area (Å²) in [6.07, 6.45) is 9.20. The second-order valence-electron chi connectivity index (χ2n) is 10.9. The summed E-state index contributed by atoms with van der Waals surface area (Å²) in [6.45, 7) is 27.4. The highest BCUT2D eigenvalue weighted by atomic mass is 35.5. The van der Waals surface area contributed by atoms with E-state index in [9.17, 15) is 0 Å². The number of halogens is 1. The van der Waals surface area contributed by atoms with Gasteiger partial charge >= 0.3 is 0 Å². The molecule has 0 radical (unpaired) electrons. The molecule has 0 saturated carbocycles. The van der Waals surface area contributed by atoms with E-state index in [2.05, 4.69) is 111 Å². The van der Waals surface area contributed by atoms with Crippen LogP contribution in [0, 0.1) is 5.92 Å². The highest BCUT2D eigenvalue weighted by Crippen LogP contribution is 2.38. The van der Waals surface area contributed by atoms with E-state index < -0.39 is 16.4 Å². The molecule has 0 unspecified atom stereocenters. The molecule has 0 aromatic carbocycles. The van der Waals surface area contributed by atoms with Gasteiger partial charge in [0.05, 0.1) is 14.2 Å². The van der Waals surface area contributed by atoms with Gasteiger partial charge in [0.15, 0.2) is 8.32 Å². The average Bonchev–Trinajstić information content (AvgIpc) is 2.48. The lowest BCUT2D eigenvalue weighted by Gasteiger charge is -2.40. The Hall–Kier alpha value is -0.356. The van der Waals surface area contributed by atoms with Gasteiger partial charge in [-0.25, -0.2) is 0 Å². The molecule has 0 bridgehead atoms. The van der Waals surface area contributed by atoms with Crippen LogP contribution in [0.25, 0.3) is 0 Å². The van der Waals surface area contributed by atoms with Crippen molar-refractivity contribution in [2.24, 2.45) is 5.92 Å². The molecule has 0 aliphatic rings. The van der Waals surface area contributed by atoms with E-state index in [0.29, 0.717) is 11.8 Å². The van der Waals surface area contributed by atoms with E-state index in [1.165, 1.54) is 16.7 Å². The zero-order valence-electron chi connectivity index (χ0n) is 20.5. The van der Waals surface area contributed by atoms with E-state index >= 15 is 0 Å². The molecule has 0 saturated heterocycles. The van der Waals surface area contributed by atoms with E-state index in [4.69, 9.17) is 16.0 Å². The normalized spacial score (nSPS) is 18.0. The van der Waals surface area contributed by atoms with Crippen molar-refractivity contribution in [3.05, 3.63) is 46.7 Å². The molecule has 0 spiro atoms. The molecule has 2 atom stereocenters. The van der Waals surface area contributed by atoms with Gasteiger partial charge < -0.3 is 4.43 Å². The van der Waals surface area contributed by atoms with Gasteiger partial charge in [-0.3, -0.25) is 0 Å². The zero-order chi connectivity index (χ0) is 22.3. The van der Waals surface area contributed by atoms with Crippen molar-refractivity contribution < 1.29 is 4.43 Å². The summed E-state index contributed by atoms with van der Waals surface area (Å²) in [5.41, 5.74) is 6.12. The van der Waals surface area contributed by atoms with Crippen LogP contribution in [0.4, 0.5) is 0 Å². The molecule has 162 valence electrons. The molecule has 0 aromatic rings. The van der Waals surface area contributed by atoms with Gasteiger partial charge in [0, 0.05) is 11.8 Å². The minimum Gasteiger partial charge on any atom is -0.410 e. The Kier molecular flexibility index (Phi) is 11.0. The molecule has 1 nitrogen and oxygen atoms in total. The molecule has 0 N–H and O–H groups in total. The fourth-order valence-corrected chi connectivity index (χ4v) is 4.78. The minimum atomic E-state index is -1.84. The van der Waals surface area contributed by atoms with E-state index in [1.807, 2.05) is 0 Å². The lowest BCUT2D eigenvalue weighted by atomic mass is 10.0. The molecular weight excluding hydrogens is 396 g/mol. The van der Waals surface area contributed by atoms with Crippen LogP contribution in [0.15, 0.2) is 46.7 Å². The predicted molar refractivity (Wildman–Crippen MR) is 136 cm³/mol. The number of rotatable bonds is 9. The number of alkyl halides is 1. The summed E-state index contributed by atoms with van der Waals surface area (Å²) in [7, 11) is -3.12. The summed E-state index contributed by atoms with van der Waals surface area (Å²) < 4.78 is 6.83. The summed E-state index contributed by atoms with van der Waals surface area (Å²) in [4.78, 5) is 0. The molecule has 0 heterocycles. The lowest BCUT2D eigenvalue weighted by Crippen LogP contribution is -2.45. The van der Waals surface area contributed by atoms with E-state index in [-0.39, 0.29) is 11.1 Å². The van der Waals surface area contributed by atoms with Crippen LogP contribution >= 0.6 is 11.6 Å². The molecule has 4 heteroatoms. The zero-order valence-corrected chi connectivity index (χ0v) is 23.3. The first kappa shape index (κ1) is 27.6. The van der Waals surface area contributed by atoms with Crippen LogP contribution in [0.5, 0.6) is 0 Å². The van der Waals surface area contributed by atoms with Gasteiger partial charge in [-0.15, -0.1) is 11.6 Å². The molecular formula is C24H45ClOSi2. The van der Waals surface area contributed by atoms with E-state index in [0.717, 1.165) is 0 Å². The Morgan fingerprint density at radius 3 is 1.93 bits per heavy atom. The van der Waals surface area contributed by atoms with Gasteiger partial charge in [0.1, 0.15) is 0 Å². The third kappa shape index (κ3) is 11.0. The fraction of sp³-hybridized carbons (Fsp3) is 0.667. The lowest BCUT2D eigenvalue weighted by molar-refractivity contribution is 0.190. The quantitative estimate of drug-likeness (QED) is 0.198. The fourth-order valence-electron chi connectivity index (χ4n) is 2.61. The minimum absolute atomic E-state index is 0.122. The maximum absolute atomic E-state index is 6.83. The van der Waals surface area contributed by atoms with Gasteiger partial charge in [-0.1, -0.05) is 94.1 Å². The second kappa shape index (κ2) is 11.1. The second-order valence-corrected chi connectivity index (χ2v) is 20.9. The summed E-state index contributed by atoms with van der Waals surface area (Å²) in [5.74, 6) is 0.901. The number of allylic oxidation sites excluding steroid dienone is 5. The van der Waals surface area contributed by atoms with Crippen LogP contribution in [0.1, 0.15) is 48.5 Å². The monoisotopic (exact) mass is 440 g/mol. The molecule has 0 rings (SSSR count). The van der Waals surface area contributed by atoms with Crippen LogP contribution in [-0.4, -0.2) is 28.4 Å². The third-order valence-electron chi connectivity index (χ3n) is 5.21. The van der Waals surface area contributed by atoms with Crippen LogP contribution in [-0.2, 0) is 4.43 Å². The first-order chi connectivity index (χ1) is 12.5. The number of hydrogen-bond donors (Lipinski definition) is 0. The van der Waals surface area contributed by atoms with Crippen molar-refractivity contribution in [3.8, 4) is 0 Å². The van der Waals surface area contributed by atoms with Crippen LogP contribution in [0.3, 0.4) is 0 Å². The Morgan fingerprint density at radius 1 is 0.964 bits per heavy atom. The van der Waals surface area contributed by atoms with Crippen molar-refractivity contribution in [1.29, 1.82) is 0 Å². The molecule has 0 fully saturated rings. The molecule has 0 aromatic heterocycles. The third-order valence-corrected chi connectivity index (χ3v) is 11.3. The Labute approximate surface area is 183 Å². The van der Waals surface area contributed by atoms with Gasteiger partial charge in [0.25, 0.3) is 0 Å². The smallest absolute Gasteiger partial charge is 0.192 e. The van der Waals surface area contributed by atoms with Crippen molar-refractivity contribution in [2.75, 3.05) is 5.88 Å². The van der Waals surface area contributed by atoms with E-state index in [1.54, 1.807) is 0 Å². The van der Waals surface area contributed by atoms with Crippen LogP contribution in [0.2, 0.25) is 37.8 Å². The standard InChI is InChI=1S/C24H45ClOSi2/c1-19(16-21(3)18-25)15-20(2)17-22(4)23(13-14-27(8,9)10)26-28(11,12)24(5,6)7/h13-17,22-23H,18H2,1-12H3/b14-13+,19-15+,20-17+,21-16+/t22-,23-/m1/s1. The Balaban J connectivity index is 5.71. The average molecular weight is 441 g/mol. The molecule has 0 amide bonds. The topological polar surface area (TPSA) is 9.23 Å². The molecule has 0 aliphatic carbocycles. The van der Waals surface area contributed by atoms with Crippen molar-refractivity contribution in [2.45, 2.75) is 92.3 Å². The summed E-state index contributed by atoms with van der Waals surface area (Å²) in [6, 6.07) is 0. The predicted octanol–water partition coefficient (Wildman–Crippen LogP) is 8.52. The number of hydrogen-bond acceptors (Lipinski definition) is 1. The maximum Gasteiger partial charge on any atom is 0.192 e. The molecule has 28 heavy (non-hydrogen) atoms. The highest BCUT2D eigenvalue weighted by molar-refractivity contribution is 6.81. The first-order valence-corrected chi connectivity index (χ1v) is 17.5. The first-order valence-electron chi connectivity index (χ1n) is 10.5. The van der Waals surface area contributed by atoms with Crippen LogP contribution < -0.4 is 0 Å². The summed E-state index contributed by atoms with van der Waals surface area (Å²) in [5, 5.41) is 0.205. The van der Waals surface area contributed by atoms with Gasteiger partial charge in [-0.2, -0.15) is 0 Å². The summed E-state index contributed by atoms with van der Waals surface area (Å²) >= 11 is 5.90.